The molecule has 0 N–H and O–H groups in total. The van der Waals surface area contributed by atoms with Gasteiger partial charge >= 0.3 is 5.97 Å². The molecule has 0 saturated carbocycles. The van der Waals surface area contributed by atoms with Gasteiger partial charge in [-0.25, -0.2) is 16.8 Å². The predicted octanol–water partition coefficient (Wildman–Crippen LogP) is 3.29. The molecule has 0 amide bonds. The third-order valence-corrected chi connectivity index (χ3v) is 9.44. The van der Waals surface area contributed by atoms with Gasteiger partial charge in [-0.15, -0.1) is 0 Å². The summed E-state index contributed by atoms with van der Waals surface area (Å²) >= 11 is 0. The number of allylic oxidation sites excluding steroid dienone is 4. The van der Waals surface area contributed by atoms with E-state index in [9.17, 15) is 21.6 Å². The number of hydrogen-bond acceptors (Lipinski definition) is 6. The second-order valence-corrected chi connectivity index (χ2v) is 11.2. The van der Waals surface area contributed by atoms with E-state index in [0.717, 1.165) is 0 Å². The van der Waals surface area contributed by atoms with Crippen LogP contribution in [0.5, 0.6) is 0 Å². The lowest BCUT2D eigenvalue weighted by atomic mass is 9.92. The molecule has 0 aliphatic heterocycles. The van der Waals surface area contributed by atoms with Gasteiger partial charge in [-0.3, -0.25) is 4.79 Å². The van der Waals surface area contributed by atoms with Crippen molar-refractivity contribution in [2.45, 2.75) is 22.6 Å². The van der Waals surface area contributed by atoms with E-state index in [1.807, 2.05) is 0 Å². The number of fused-ring (bicyclic) bond motifs is 1. The lowest BCUT2D eigenvalue weighted by Gasteiger charge is -2.16. The molecule has 0 fully saturated rings. The van der Waals surface area contributed by atoms with Crippen LogP contribution in [-0.4, -0.2) is 29.9 Å². The first-order valence-electron chi connectivity index (χ1n) is 9.38. The van der Waals surface area contributed by atoms with Crippen molar-refractivity contribution in [2.24, 2.45) is 11.8 Å². The summed E-state index contributed by atoms with van der Waals surface area (Å²) < 4.78 is 57.6. The molecule has 2 aliphatic rings. The lowest BCUT2D eigenvalue weighted by molar-refractivity contribution is -0.146. The van der Waals surface area contributed by atoms with Gasteiger partial charge in [0.05, 0.1) is 32.6 Å². The lowest BCUT2D eigenvalue weighted by Crippen LogP contribution is -2.22. The Morgan fingerprint density at radius 3 is 1.90 bits per heavy atom. The van der Waals surface area contributed by atoms with E-state index in [1.54, 1.807) is 36.4 Å². The van der Waals surface area contributed by atoms with Crippen LogP contribution in [0.2, 0.25) is 0 Å². The van der Waals surface area contributed by atoms with Gasteiger partial charge in [0.15, 0.2) is 0 Å². The van der Waals surface area contributed by atoms with Crippen molar-refractivity contribution in [1.29, 1.82) is 0 Å². The van der Waals surface area contributed by atoms with Crippen molar-refractivity contribution in [2.75, 3.05) is 7.11 Å². The fourth-order valence-electron chi connectivity index (χ4n) is 4.12. The van der Waals surface area contributed by atoms with Gasteiger partial charge in [-0.1, -0.05) is 36.4 Å². The van der Waals surface area contributed by atoms with E-state index in [1.165, 1.54) is 37.5 Å². The maximum absolute atomic E-state index is 13.3. The van der Waals surface area contributed by atoms with Gasteiger partial charge in [0.25, 0.3) is 0 Å². The average molecular weight is 445 g/mol. The molecule has 4 rings (SSSR count). The molecule has 0 saturated heterocycles. The van der Waals surface area contributed by atoms with Gasteiger partial charge in [0, 0.05) is 5.92 Å². The maximum Gasteiger partial charge on any atom is 0.309 e. The van der Waals surface area contributed by atoms with Crippen LogP contribution >= 0.6 is 0 Å². The summed E-state index contributed by atoms with van der Waals surface area (Å²) in [6.07, 6.45) is 1.50. The summed E-state index contributed by atoms with van der Waals surface area (Å²) in [5.41, 5.74) is 0.392. The molecule has 156 valence electrons. The van der Waals surface area contributed by atoms with Crippen LogP contribution in [-0.2, 0) is 29.2 Å². The summed E-state index contributed by atoms with van der Waals surface area (Å²) in [5.74, 6) is -1.82. The Labute approximate surface area is 175 Å². The van der Waals surface area contributed by atoms with E-state index < -0.39 is 37.5 Å². The molecular weight excluding hydrogens is 424 g/mol. The summed E-state index contributed by atoms with van der Waals surface area (Å²) in [6.45, 7) is 0. The first-order chi connectivity index (χ1) is 14.3. The number of hydrogen-bond donors (Lipinski definition) is 0. The molecule has 30 heavy (non-hydrogen) atoms. The first-order valence-corrected chi connectivity index (χ1v) is 12.3. The van der Waals surface area contributed by atoms with Crippen molar-refractivity contribution < 1.29 is 26.4 Å². The van der Waals surface area contributed by atoms with E-state index in [4.69, 9.17) is 4.74 Å². The Morgan fingerprint density at radius 2 is 1.37 bits per heavy atom. The molecule has 0 aromatic heterocycles. The molecule has 2 aromatic rings. The summed E-state index contributed by atoms with van der Waals surface area (Å²) in [6, 6.07) is 15.9. The third kappa shape index (κ3) is 3.30. The Bertz CT molecular complexity index is 1260. The van der Waals surface area contributed by atoms with E-state index in [0.29, 0.717) is 5.57 Å². The highest BCUT2D eigenvalue weighted by Crippen LogP contribution is 2.50. The molecular formula is C22H20O6S2. The van der Waals surface area contributed by atoms with Gasteiger partial charge in [0.1, 0.15) is 0 Å². The second kappa shape index (κ2) is 7.52. The van der Waals surface area contributed by atoms with Crippen molar-refractivity contribution in [3.8, 4) is 0 Å². The predicted molar refractivity (Wildman–Crippen MR) is 111 cm³/mol. The Kier molecular flexibility index (Phi) is 5.15. The zero-order valence-corrected chi connectivity index (χ0v) is 17.8. The van der Waals surface area contributed by atoms with Gasteiger partial charge in [-0.05, 0) is 48.8 Å². The molecule has 0 heterocycles. The highest BCUT2D eigenvalue weighted by atomic mass is 32.2. The molecule has 2 aliphatic carbocycles. The first kappa shape index (κ1) is 20.6. The molecule has 6 nitrogen and oxygen atoms in total. The van der Waals surface area contributed by atoms with Gasteiger partial charge in [0.2, 0.25) is 19.7 Å². The van der Waals surface area contributed by atoms with Crippen molar-refractivity contribution in [3.05, 3.63) is 82.1 Å². The van der Waals surface area contributed by atoms with Crippen molar-refractivity contribution >= 4 is 25.6 Å². The van der Waals surface area contributed by atoms with Crippen molar-refractivity contribution in [3.63, 3.8) is 0 Å². The zero-order chi connectivity index (χ0) is 21.5. The number of esters is 1. The smallest absolute Gasteiger partial charge is 0.309 e. The third-order valence-electron chi connectivity index (χ3n) is 5.63. The molecule has 0 spiro atoms. The fraction of sp³-hybridized carbons (Fsp3) is 0.227. The van der Waals surface area contributed by atoms with Crippen LogP contribution in [0.4, 0.5) is 0 Å². The van der Waals surface area contributed by atoms with E-state index in [2.05, 4.69) is 0 Å². The normalized spacial score (nSPS) is 21.3. The SMILES string of the molecule is COC(=O)[C@H]1CC(S(=O)(=O)c2ccccc2)=C2C=C(S(=O)(=O)c3ccccc3)C[C@H]21. The van der Waals surface area contributed by atoms with Crippen LogP contribution in [0.3, 0.4) is 0 Å². The molecule has 2 atom stereocenters. The number of ether oxygens (including phenoxy) is 1. The highest BCUT2D eigenvalue weighted by Gasteiger charge is 2.47. The average Bonchev–Trinajstić information content (AvgIpc) is 3.34. The Morgan fingerprint density at radius 1 is 0.833 bits per heavy atom. The molecule has 0 unspecified atom stereocenters. The van der Waals surface area contributed by atoms with Crippen LogP contribution < -0.4 is 0 Å². The van der Waals surface area contributed by atoms with Crippen molar-refractivity contribution in [1.82, 2.24) is 0 Å². The topological polar surface area (TPSA) is 94.6 Å². The van der Waals surface area contributed by atoms with Gasteiger partial charge in [-0.2, -0.15) is 0 Å². The molecule has 2 aromatic carbocycles. The fourth-order valence-corrected chi connectivity index (χ4v) is 7.34. The van der Waals surface area contributed by atoms with Gasteiger partial charge < -0.3 is 4.74 Å². The maximum atomic E-state index is 13.3. The Balaban J connectivity index is 1.84. The second-order valence-electron chi connectivity index (χ2n) is 7.27. The summed E-state index contributed by atoms with van der Waals surface area (Å²) in [5, 5.41) is 0. The minimum atomic E-state index is -3.87. The number of sulfone groups is 2. The minimum Gasteiger partial charge on any atom is -0.469 e. The van der Waals surface area contributed by atoms with Crippen LogP contribution in [0, 0.1) is 11.8 Å². The molecule has 0 radical (unpaired) electrons. The number of rotatable bonds is 5. The number of benzene rings is 2. The summed E-state index contributed by atoms with van der Waals surface area (Å²) in [4.78, 5) is 12.8. The molecule has 0 bridgehead atoms. The van der Waals surface area contributed by atoms with E-state index >= 15 is 0 Å². The number of methoxy groups -OCH3 is 1. The number of carbonyl (C=O) groups excluding carboxylic acids is 1. The standard InChI is InChI=1S/C22H20O6S2/c1-28-22(23)20-14-21(30(26,27)16-10-6-3-7-11-16)19-13-17(12-18(19)20)29(24,25)15-8-4-2-5-9-15/h2-11,13,18,20H,12,14H2,1H3/t18-,20+/m1/s1. The Hall–Kier alpha value is -2.71. The monoisotopic (exact) mass is 444 g/mol. The zero-order valence-electron chi connectivity index (χ0n) is 16.2. The minimum absolute atomic E-state index is 0.000927. The van der Waals surface area contributed by atoms with E-state index in [-0.39, 0.29) is 32.4 Å². The number of carbonyl (C=O) groups is 1. The summed E-state index contributed by atoms with van der Waals surface area (Å²) in [7, 11) is -6.41. The van der Waals surface area contributed by atoms with Crippen LogP contribution in [0.25, 0.3) is 0 Å². The molecule has 8 heteroatoms. The quantitative estimate of drug-likeness (QED) is 0.657. The largest absolute Gasteiger partial charge is 0.469 e. The van der Waals surface area contributed by atoms with Crippen LogP contribution in [0.15, 0.2) is 91.9 Å². The highest BCUT2D eigenvalue weighted by molar-refractivity contribution is 7.95. The van der Waals surface area contributed by atoms with Crippen LogP contribution in [0.1, 0.15) is 12.8 Å².